The average molecular weight is 338 g/mol. The Bertz CT molecular complexity index is 615. The zero-order valence-corrected chi connectivity index (χ0v) is 14.8. The maximum atomic E-state index is 13.2. The van der Waals surface area contributed by atoms with Crippen molar-refractivity contribution in [1.29, 1.82) is 0 Å². The molecule has 0 aliphatic carbocycles. The van der Waals surface area contributed by atoms with E-state index in [9.17, 15) is 4.79 Å². The lowest BCUT2D eigenvalue weighted by molar-refractivity contribution is -0.130. The summed E-state index contributed by atoms with van der Waals surface area (Å²) in [6, 6.07) is 20.1. The highest BCUT2D eigenvalue weighted by Crippen LogP contribution is 2.26. The van der Waals surface area contributed by atoms with E-state index >= 15 is 0 Å². The van der Waals surface area contributed by atoms with Gasteiger partial charge in [-0.05, 0) is 11.1 Å². The van der Waals surface area contributed by atoms with Gasteiger partial charge in [0.25, 0.3) is 0 Å². The molecule has 1 amide bonds. The lowest BCUT2D eigenvalue weighted by Gasteiger charge is -2.30. The van der Waals surface area contributed by atoms with Crippen LogP contribution in [0.2, 0.25) is 0 Å². The molecule has 0 aromatic heterocycles. The number of nitrogens with zero attached hydrogens (tertiary/aromatic N) is 2. The third-order valence-electron chi connectivity index (χ3n) is 4.74. The smallest absolute Gasteiger partial charge is 0.234 e. The number of morpholine rings is 1. The first-order valence-electron chi connectivity index (χ1n) is 8.90. The molecule has 1 aliphatic heterocycles. The molecular weight excluding hydrogens is 312 g/mol. The van der Waals surface area contributed by atoms with Gasteiger partial charge in [-0.15, -0.1) is 0 Å². The maximum absolute atomic E-state index is 13.2. The highest BCUT2D eigenvalue weighted by atomic mass is 16.5. The van der Waals surface area contributed by atoms with Gasteiger partial charge in [0.2, 0.25) is 5.91 Å². The van der Waals surface area contributed by atoms with Crippen LogP contribution in [0.15, 0.2) is 60.7 Å². The van der Waals surface area contributed by atoms with Crippen molar-refractivity contribution in [3.8, 4) is 0 Å². The SMILES string of the molecule is CN(CCN1CCOCC1)C(=O)C(c1ccccc1)c1ccccc1. The molecule has 1 heterocycles. The lowest BCUT2D eigenvalue weighted by atomic mass is 9.90. The average Bonchev–Trinajstić information content (AvgIpc) is 2.69. The van der Waals surface area contributed by atoms with Gasteiger partial charge in [0.15, 0.2) is 0 Å². The number of hydrogen-bond acceptors (Lipinski definition) is 3. The molecule has 1 saturated heterocycles. The fourth-order valence-electron chi connectivity index (χ4n) is 3.22. The number of ether oxygens (including phenoxy) is 1. The fourth-order valence-corrected chi connectivity index (χ4v) is 3.22. The molecule has 2 aromatic carbocycles. The molecule has 0 atom stereocenters. The predicted octanol–water partition coefficient (Wildman–Crippen LogP) is 2.61. The van der Waals surface area contributed by atoms with Crippen LogP contribution in [0.5, 0.6) is 0 Å². The molecule has 4 nitrogen and oxygen atoms in total. The second-order valence-corrected chi connectivity index (χ2v) is 6.47. The van der Waals surface area contributed by atoms with E-state index in [1.165, 1.54) is 0 Å². The highest BCUT2D eigenvalue weighted by Gasteiger charge is 2.25. The zero-order valence-electron chi connectivity index (χ0n) is 14.8. The summed E-state index contributed by atoms with van der Waals surface area (Å²) < 4.78 is 5.39. The molecule has 3 rings (SSSR count). The summed E-state index contributed by atoms with van der Waals surface area (Å²) in [6.07, 6.45) is 0. The van der Waals surface area contributed by atoms with Crippen LogP contribution in [0.4, 0.5) is 0 Å². The minimum Gasteiger partial charge on any atom is -0.379 e. The monoisotopic (exact) mass is 338 g/mol. The molecule has 1 fully saturated rings. The molecule has 0 bridgehead atoms. The van der Waals surface area contributed by atoms with Gasteiger partial charge in [-0.1, -0.05) is 60.7 Å². The van der Waals surface area contributed by atoms with Gasteiger partial charge >= 0.3 is 0 Å². The zero-order chi connectivity index (χ0) is 17.5. The highest BCUT2D eigenvalue weighted by molar-refractivity contribution is 5.87. The summed E-state index contributed by atoms with van der Waals surface area (Å²) in [7, 11) is 1.90. The Morgan fingerprint density at radius 1 is 1.00 bits per heavy atom. The number of hydrogen-bond donors (Lipinski definition) is 0. The van der Waals surface area contributed by atoms with Gasteiger partial charge in [0.1, 0.15) is 0 Å². The first-order chi connectivity index (χ1) is 12.3. The minimum atomic E-state index is -0.253. The van der Waals surface area contributed by atoms with Crippen LogP contribution in [-0.4, -0.2) is 62.1 Å². The normalized spacial score (nSPS) is 15.3. The van der Waals surface area contributed by atoms with E-state index in [1.807, 2.05) is 72.6 Å². The third-order valence-corrected chi connectivity index (χ3v) is 4.74. The molecule has 0 radical (unpaired) electrons. The van der Waals surface area contributed by atoms with Crippen LogP contribution in [0.3, 0.4) is 0 Å². The van der Waals surface area contributed by atoms with Gasteiger partial charge in [-0.3, -0.25) is 9.69 Å². The first-order valence-corrected chi connectivity index (χ1v) is 8.90. The number of amides is 1. The van der Waals surface area contributed by atoms with Gasteiger partial charge in [0, 0.05) is 33.2 Å². The molecule has 0 spiro atoms. The van der Waals surface area contributed by atoms with Crippen LogP contribution in [0.25, 0.3) is 0 Å². The molecule has 2 aromatic rings. The van der Waals surface area contributed by atoms with Gasteiger partial charge < -0.3 is 9.64 Å². The summed E-state index contributed by atoms with van der Waals surface area (Å²) in [6.45, 7) is 5.09. The van der Waals surface area contributed by atoms with E-state index in [-0.39, 0.29) is 11.8 Å². The summed E-state index contributed by atoms with van der Waals surface area (Å²) in [5.74, 6) is -0.109. The van der Waals surface area contributed by atoms with E-state index in [1.54, 1.807) is 0 Å². The summed E-state index contributed by atoms with van der Waals surface area (Å²) >= 11 is 0. The Kier molecular flexibility index (Phi) is 6.20. The molecule has 0 N–H and O–H groups in total. The second-order valence-electron chi connectivity index (χ2n) is 6.47. The molecule has 0 unspecified atom stereocenters. The summed E-state index contributed by atoms with van der Waals surface area (Å²) in [4.78, 5) is 17.4. The maximum Gasteiger partial charge on any atom is 0.234 e. The summed E-state index contributed by atoms with van der Waals surface area (Å²) in [5, 5.41) is 0. The lowest BCUT2D eigenvalue weighted by Crippen LogP contribution is -2.43. The van der Waals surface area contributed by atoms with Crippen LogP contribution in [0, 0.1) is 0 Å². The van der Waals surface area contributed by atoms with Crippen molar-refractivity contribution < 1.29 is 9.53 Å². The van der Waals surface area contributed by atoms with Crippen LogP contribution >= 0.6 is 0 Å². The second kappa shape index (κ2) is 8.79. The van der Waals surface area contributed by atoms with Crippen LogP contribution in [-0.2, 0) is 9.53 Å². The van der Waals surface area contributed by atoms with Crippen LogP contribution in [0.1, 0.15) is 17.0 Å². The number of carbonyl (C=O) groups excluding carboxylic acids is 1. The van der Waals surface area contributed by atoms with Crippen molar-refractivity contribution in [3.05, 3.63) is 71.8 Å². The van der Waals surface area contributed by atoms with Crippen molar-refractivity contribution in [2.45, 2.75) is 5.92 Å². The van der Waals surface area contributed by atoms with Gasteiger partial charge in [-0.25, -0.2) is 0 Å². The van der Waals surface area contributed by atoms with E-state index in [2.05, 4.69) is 4.90 Å². The number of benzene rings is 2. The van der Waals surface area contributed by atoms with Crippen molar-refractivity contribution in [1.82, 2.24) is 9.80 Å². The quantitative estimate of drug-likeness (QED) is 0.812. The first kappa shape index (κ1) is 17.6. The predicted molar refractivity (Wildman–Crippen MR) is 99.6 cm³/mol. The summed E-state index contributed by atoms with van der Waals surface area (Å²) in [5.41, 5.74) is 2.08. The van der Waals surface area contributed by atoms with Crippen molar-refractivity contribution in [2.75, 3.05) is 46.4 Å². The minimum absolute atomic E-state index is 0.144. The fraction of sp³-hybridized carbons (Fsp3) is 0.381. The molecule has 25 heavy (non-hydrogen) atoms. The topological polar surface area (TPSA) is 32.8 Å². The standard InChI is InChI=1S/C21H26N2O2/c1-22(12-13-23-14-16-25-17-15-23)21(24)20(18-8-4-2-5-9-18)19-10-6-3-7-11-19/h2-11,20H,12-17H2,1H3. The van der Waals surface area contributed by atoms with Crippen molar-refractivity contribution >= 4 is 5.91 Å². The van der Waals surface area contributed by atoms with E-state index in [4.69, 9.17) is 4.74 Å². The van der Waals surface area contributed by atoms with Crippen LogP contribution < -0.4 is 0 Å². The molecule has 4 heteroatoms. The number of likely N-dealkylation sites (N-methyl/N-ethyl adjacent to an activating group) is 1. The van der Waals surface area contributed by atoms with Gasteiger partial charge in [0.05, 0.1) is 19.1 Å². The molecular formula is C21H26N2O2. The number of rotatable bonds is 6. The third kappa shape index (κ3) is 4.68. The Balaban J connectivity index is 1.72. The van der Waals surface area contributed by atoms with E-state index in [0.29, 0.717) is 0 Å². The Labute approximate surface area is 150 Å². The van der Waals surface area contributed by atoms with Crippen molar-refractivity contribution in [2.24, 2.45) is 0 Å². The van der Waals surface area contributed by atoms with Crippen molar-refractivity contribution in [3.63, 3.8) is 0 Å². The molecule has 0 saturated carbocycles. The van der Waals surface area contributed by atoms with Gasteiger partial charge in [-0.2, -0.15) is 0 Å². The Morgan fingerprint density at radius 3 is 2.04 bits per heavy atom. The number of carbonyl (C=O) groups is 1. The Morgan fingerprint density at radius 2 is 1.52 bits per heavy atom. The molecule has 1 aliphatic rings. The molecule has 132 valence electrons. The van der Waals surface area contributed by atoms with E-state index in [0.717, 1.165) is 50.5 Å². The Hall–Kier alpha value is -2.17. The van der Waals surface area contributed by atoms with E-state index < -0.39 is 0 Å². The largest absolute Gasteiger partial charge is 0.379 e.